The Hall–Kier alpha value is -1.89. The van der Waals surface area contributed by atoms with Crippen LogP contribution in [0, 0.1) is 6.92 Å². The second-order valence-corrected chi connectivity index (χ2v) is 7.43. The fourth-order valence-corrected chi connectivity index (χ4v) is 3.79. The Labute approximate surface area is 146 Å². The van der Waals surface area contributed by atoms with E-state index in [9.17, 15) is 14.4 Å². The summed E-state index contributed by atoms with van der Waals surface area (Å²) in [5, 5.41) is 8.30. The minimum Gasteiger partial charge on any atom is -0.354 e. The summed E-state index contributed by atoms with van der Waals surface area (Å²) in [7, 11) is 0. The first-order valence-electron chi connectivity index (χ1n) is 8.41. The van der Waals surface area contributed by atoms with Crippen LogP contribution in [0.5, 0.6) is 0 Å². The molecule has 1 fully saturated rings. The van der Waals surface area contributed by atoms with Gasteiger partial charge in [0.25, 0.3) is 5.91 Å². The molecule has 132 valence electrons. The number of carbonyl (C=O) groups excluding carboxylic acids is 3. The molecule has 0 atom stereocenters. The molecule has 0 aromatic carbocycles. The summed E-state index contributed by atoms with van der Waals surface area (Å²) in [5.41, 5.74) is -0.838. The van der Waals surface area contributed by atoms with Crippen molar-refractivity contribution >= 4 is 29.1 Å². The molecule has 0 bridgehead atoms. The molecule has 24 heavy (non-hydrogen) atoms. The first-order valence-corrected chi connectivity index (χ1v) is 9.22. The lowest BCUT2D eigenvalue weighted by atomic mass is 9.80. The SMILES string of the molecule is CCNC(=O)C1(NC(=O)CNC(=O)c2ccc(C)s2)CCCCC1. The Morgan fingerprint density at radius 3 is 2.42 bits per heavy atom. The number of thiophene rings is 1. The fourth-order valence-electron chi connectivity index (χ4n) is 3.01. The molecule has 3 N–H and O–H groups in total. The number of carbonyl (C=O) groups is 3. The fraction of sp³-hybridized carbons (Fsp3) is 0.588. The Kier molecular flexibility index (Phi) is 6.36. The standard InChI is InChI=1S/C17H25N3O3S/c1-3-18-16(23)17(9-5-4-6-10-17)20-14(21)11-19-15(22)13-8-7-12(2)24-13/h7-8H,3-6,9-11H2,1-2H3,(H,18,23)(H,19,22)(H,20,21). The maximum atomic E-state index is 12.4. The van der Waals surface area contributed by atoms with Gasteiger partial charge in [-0.25, -0.2) is 0 Å². The van der Waals surface area contributed by atoms with Crippen molar-refractivity contribution in [3.05, 3.63) is 21.9 Å². The number of hydrogen-bond donors (Lipinski definition) is 3. The van der Waals surface area contributed by atoms with Crippen molar-refractivity contribution in [1.29, 1.82) is 0 Å². The number of amides is 3. The van der Waals surface area contributed by atoms with Gasteiger partial charge in [-0.2, -0.15) is 0 Å². The van der Waals surface area contributed by atoms with Crippen LogP contribution in [0.15, 0.2) is 12.1 Å². The summed E-state index contributed by atoms with van der Waals surface area (Å²) in [6, 6.07) is 3.61. The van der Waals surface area contributed by atoms with Crippen molar-refractivity contribution in [1.82, 2.24) is 16.0 Å². The second-order valence-electron chi connectivity index (χ2n) is 6.14. The molecular formula is C17H25N3O3S. The monoisotopic (exact) mass is 351 g/mol. The van der Waals surface area contributed by atoms with Gasteiger partial charge < -0.3 is 16.0 Å². The van der Waals surface area contributed by atoms with Crippen molar-refractivity contribution < 1.29 is 14.4 Å². The van der Waals surface area contributed by atoms with Crippen LogP contribution in [0.25, 0.3) is 0 Å². The molecule has 1 saturated carbocycles. The van der Waals surface area contributed by atoms with Crippen LogP contribution in [-0.2, 0) is 9.59 Å². The maximum Gasteiger partial charge on any atom is 0.261 e. The zero-order chi connectivity index (χ0) is 17.6. The van der Waals surface area contributed by atoms with E-state index in [4.69, 9.17) is 0 Å². The van der Waals surface area contributed by atoms with Crippen LogP contribution >= 0.6 is 11.3 Å². The minimum absolute atomic E-state index is 0.127. The van der Waals surface area contributed by atoms with E-state index in [0.717, 1.165) is 24.1 Å². The molecule has 2 rings (SSSR count). The van der Waals surface area contributed by atoms with E-state index in [0.29, 0.717) is 24.3 Å². The van der Waals surface area contributed by atoms with Gasteiger partial charge in [0.2, 0.25) is 11.8 Å². The van der Waals surface area contributed by atoms with Gasteiger partial charge in [-0.05, 0) is 38.8 Å². The molecule has 0 saturated heterocycles. The molecule has 1 aliphatic rings. The molecule has 0 unspecified atom stereocenters. The van der Waals surface area contributed by atoms with E-state index in [-0.39, 0.29) is 24.3 Å². The molecular weight excluding hydrogens is 326 g/mol. The van der Waals surface area contributed by atoms with Crippen LogP contribution in [0.4, 0.5) is 0 Å². The number of hydrogen-bond acceptors (Lipinski definition) is 4. The van der Waals surface area contributed by atoms with Crippen LogP contribution in [-0.4, -0.2) is 36.3 Å². The molecule has 0 spiro atoms. The van der Waals surface area contributed by atoms with Gasteiger partial charge in [-0.15, -0.1) is 11.3 Å². The van der Waals surface area contributed by atoms with Gasteiger partial charge >= 0.3 is 0 Å². The average Bonchev–Trinajstić information content (AvgIpc) is 3.00. The van der Waals surface area contributed by atoms with Crippen LogP contribution in [0.3, 0.4) is 0 Å². The quantitative estimate of drug-likeness (QED) is 0.729. The van der Waals surface area contributed by atoms with Crippen molar-refractivity contribution in [3.63, 3.8) is 0 Å². The van der Waals surface area contributed by atoms with Gasteiger partial charge in [-0.3, -0.25) is 14.4 Å². The van der Waals surface area contributed by atoms with E-state index in [1.807, 2.05) is 19.9 Å². The van der Waals surface area contributed by atoms with E-state index in [1.165, 1.54) is 11.3 Å². The Bertz CT molecular complexity index is 606. The molecule has 0 aliphatic heterocycles. The van der Waals surface area contributed by atoms with Gasteiger partial charge in [0.1, 0.15) is 5.54 Å². The predicted octanol–water partition coefficient (Wildman–Crippen LogP) is 1.74. The number of aryl methyl sites for hydroxylation is 1. The molecule has 6 nitrogen and oxygen atoms in total. The van der Waals surface area contributed by atoms with Gasteiger partial charge in [0.15, 0.2) is 0 Å². The third-order valence-electron chi connectivity index (χ3n) is 4.23. The lowest BCUT2D eigenvalue weighted by molar-refractivity contribution is -0.134. The largest absolute Gasteiger partial charge is 0.354 e. The number of likely N-dealkylation sites (N-methyl/N-ethyl adjacent to an activating group) is 1. The summed E-state index contributed by atoms with van der Waals surface area (Å²) >= 11 is 1.39. The van der Waals surface area contributed by atoms with Crippen molar-refractivity contribution in [2.45, 2.75) is 51.5 Å². The molecule has 7 heteroatoms. The molecule has 3 amide bonds. The predicted molar refractivity (Wildman–Crippen MR) is 94.0 cm³/mol. The summed E-state index contributed by atoms with van der Waals surface area (Å²) in [6.45, 7) is 4.19. The zero-order valence-corrected chi connectivity index (χ0v) is 15.1. The highest BCUT2D eigenvalue weighted by Gasteiger charge is 2.40. The molecule has 1 aromatic rings. The molecule has 1 aliphatic carbocycles. The highest BCUT2D eigenvalue weighted by molar-refractivity contribution is 7.13. The highest BCUT2D eigenvalue weighted by atomic mass is 32.1. The van der Waals surface area contributed by atoms with Gasteiger partial charge in [0, 0.05) is 11.4 Å². The molecule has 0 radical (unpaired) electrons. The summed E-state index contributed by atoms with van der Waals surface area (Å²) in [4.78, 5) is 38.3. The maximum absolute atomic E-state index is 12.4. The highest BCUT2D eigenvalue weighted by Crippen LogP contribution is 2.28. The van der Waals surface area contributed by atoms with Gasteiger partial charge in [0.05, 0.1) is 11.4 Å². The third-order valence-corrected chi connectivity index (χ3v) is 5.23. The molecule has 1 aromatic heterocycles. The van der Waals surface area contributed by atoms with Crippen LogP contribution < -0.4 is 16.0 Å². The minimum atomic E-state index is -0.838. The topological polar surface area (TPSA) is 87.3 Å². The van der Waals surface area contributed by atoms with Crippen molar-refractivity contribution in [2.24, 2.45) is 0 Å². The van der Waals surface area contributed by atoms with E-state index in [1.54, 1.807) is 6.07 Å². The van der Waals surface area contributed by atoms with E-state index >= 15 is 0 Å². The Balaban J connectivity index is 1.92. The number of nitrogens with one attached hydrogen (secondary N) is 3. The van der Waals surface area contributed by atoms with Crippen molar-refractivity contribution in [2.75, 3.05) is 13.1 Å². The lowest BCUT2D eigenvalue weighted by Gasteiger charge is -2.36. The lowest BCUT2D eigenvalue weighted by Crippen LogP contribution is -2.61. The van der Waals surface area contributed by atoms with Gasteiger partial charge in [-0.1, -0.05) is 19.3 Å². The zero-order valence-electron chi connectivity index (χ0n) is 14.2. The average molecular weight is 351 g/mol. The smallest absolute Gasteiger partial charge is 0.261 e. The van der Waals surface area contributed by atoms with Crippen LogP contribution in [0.1, 0.15) is 53.6 Å². The Morgan fingerprint density at radius 1 is 1.12 bits per heavy atom. The second kappa shape index (κ2) is 8.28. The van der Waals surface area contributed by atoms with E-state index < -0.39 is 5.54 Å². The first-order chi connectivity index (χ1) is 11.5. The normalized spacial score (nSPS) is 16.2. The summed E-state index contributed by atoms with van der Waals surface area (Å²) in [5.74, 6) is -0.720. The Morgan fingerprint density at radius 2 is 1.83 bits per heavy atom. The van der Waals surface area contributed by atoms with Crippen LogP contribution in [0.2, 0.25) is 0 Å². The van der Waals surface area contributed by atoms with E-state index in [2.05, 4.69) is 16.0 Å². The summed E-state index contributed by atoms with van der Waals surface area (Å²) < 4.78 is 0. The third kappa shape index (κ3) is 4.56. The van der Waals surface area contributed by atoms with Crippen molar-refractivity contribution in [3.8, 4) is 0 Å². The number of rotatable bonds is 6. The summed E-state index contributed by atoms with van der Waals surface area (Å²) in [6.07, 6.45) is 4.19. The first kappa shape index (κ1) is 18.4. The molecule has 1 heterocycles.